The van der Waals surface area contributed by atoms with Gasteiger partial charge in [-0.2, -0.15) is 0 Å². The smallest absolute Gasteiger partial charge is 0.306 e. The van der Waals surface area contributed by atoms with E-state index >= 15 is 0 Å². The number of allylic oxidation sites excluding steroid dienone is 5. The molecule has 1 fully saturated rings. The fraction of sp³-hybridized carbons (Fsp3) is 0.892. The molecule has 1 amide bonds. The van der Waals surface area contributed by atoms with Gasteiger partial charge in [-0.05, 0) is 77.0 Å². The highest BCUT2D eigenvalue weighted by Crippen LogP contribution is 2.26. The summed E-state index contributed by atoms with van der Waals surface area (Å²) in [5.41, 5.74) is 0. The highest BCUT2D eigenvalue weighted by atomic mass is 16.7. The summed E-state index contributed by atoms with van der Waals surface area (Å²) < 4.78 is 17.7. The van der Waals surface area contributed by atoms with E-state index in [4.69, 9.17) is 14.2 Å². The minimum atomic E-state index is -1.61. The number of aliphatic hydroxyl groups is 5. The van der Waals surface area contributed by atoms with Gasteiger partial charge in [0.15, 0.2) is 12.4 Å². The molecule has 0 saturated carbocycles. The van der Waals surface area contributed by atoms with Gasteiger partial charge < -0.3 is 45.1 Å². The van der Waals surface area contributed by atoms with Gasteiger partial charge in [-0.25, -0.2) is 0 Å². The van der Waals surface area contributed by atoms with Crippen LogP contribution in [0.1, 0.15) is 361 Å². The van der Waals surface area contributed by atoms with Crippen LogP contribution in [0.4, 0.5) is 0 Å². The molecule has 0 aromatic rings. The molecule has 11 nitrogen and oxygen atoms in total. The van der Waals surface area contributed by atoms with Crippen LogP contribution in [0.3, 0.4) is 0 Å². The first-order valence-corrected chi connectivity index (χ1v) is 36.8. The number of carbonyl (C=O) groups excluding carboxylic acids is 2. The maximum Gasteiger partial charge on any atom is 0.306 e. The molecule has 6 N–H and O–H groups in total. The minimum absolute atomic E-state index is 0.128. The van der Waals surface area contributed by atoms with Crippen LogP contribution in [0.2, 0.25) is 0 Å². The van der Waals surface area contributed by atoms with E-state index in [9.17, 15) is 35.1 Å². The summed E-state index contributed by atoms with van der Waals surface area (Å²) in [4.78, 5) is 26.7. The molecule has 1 heterocycles. The second-order valence-corrected chi connectivity index (χ2v) is 25.7. The Labute approximate surface area is 523 Å². The van der Waals surface area contributed by atoms with Crippen molar-refractivity contribution in [1.82, 2.24) is 5.32 Å². The molecule has 0 aliphatic carbocycles. The van der Waals surface area contributed by atoms with Crippen molar-refractivity contribution in [2.45, 2.75) is 410 Å². The second kappa shape index (κ2) is 62.1. The molecule has 500 valence electrons. The number of ether oxygens (including phenoxy) is 3. The zero-order valence-electron chi connectivity index (χ0n) is 55.8. The Morgan fingerprint density at radius 2 is 0.776 bits per heavy atom. The van der Waals surface area contributed by atoms with E-state index in [1.807, 2.05) is 6.08 Å². The Balaban J connectivity index is 2.50. The summed E-state index contributed by atoms with van der Waals surface area (Å²) in [7, 11) is 0. The highest BCUT2D eigenvalue weighted by Gasteiger charge is 2.47. The third-order valence-electron chi connectivity index (χ3n) is 17.5. The Hall–Kier alpha value is -2.12. The number of esters is 1. The SMILES string of the molecule is CCCCCCCC/C=C/CCCCCCCCCCCCCCCCCCCC(=O)OC1C(OCC(NC(=O)C(O)CCCCCCCCCC/C=C/CCCCCCCC)C(O)/C=C/CCCCCCCCCCC)OC(CO)C(O)C1O. The van der Waals surface area contributed by atoms with Crippen LogP contribution in [0.5, 0.6) is 0 Å². The van der Waals surface area contributed by atoms with Crippen molar-refractivity contribution in [1.29, 1.82) is 0 Å². The lowest BCUT2D eigenvalue weighted by atomic mass is 9.99. The van der Waals surface area contributed by atoms with Gasteiger partial charge in [0.05, 0.1) is 25.4 Å². The molecule has 0 spiro atoms. The third kappa shape index (κ3) is 49.4. The molecular formula is C74H139NO10. The van der Waals surface area contributed by atoms with E-state index in [2.05, 4.69) is 50.4 Å². The van der Waals surface area contributed by atoms with Crippen LogP contribution in [-0.4, -0.2) is 99.6 Å². The molecule has 1 saturated heterocycles. The molecular weight excluding hydrogens is 1060 g/mol. The zero-order chi connectivity index (χ0) is 61.7. The largest absolute Gasteiger partial charge is 0.454 e. The summed E-state index contributed by atoms with van der Waals surface area (Å²) in [6.07, 6.45) is 66.3. The van der Waals surface area contributed by atoms with E-state index in [1.54, 1.807) is 6.08 Å². The van der Waals surface area contributed by atoms with Crippen LogP contribution in [0.25, 0.3) is 0 Å². The lowest BCUT2D eigenvalue weighted by molar-refractivity contribution is -0.305. The standard InChI is InChI=1S/C74H139NO10/c1-4-7-10-13-16-19-22-24-26-28-30-31-32-33-34-35-36-37-38-40-42-44-47-50-53-56-59-62-69(79)85-72-71(81)70(80)68(63-76)84-74(72)83-64-65(66(77)60-57-54-51-48-45-21-18-15-12-9-6-3)75-73(82)67(78)61-58-55-52-49-46-43-41-39-29-27-25-23-20-17-14-11-8-5-2/h24-27,57,60,65-68,70-72,74,76-78,80-81H,4-23,28-56,58-59,61-64H2,1-3H3,(H,75,82)/b26-24+,27-25+,60-57+. The maximum absolute atomic E-state index is 13.5. The second-order valence-electron chi connectivity index (χ2n) is 25.7. The van der Waals surface area contributed by atoms with Gasteiger partial charge >= 0.3 is 5.97 Å². The van der Waals surface area contributed by atoms with E-state index in [-0.39, 0.29) is 13.0 Å². The molecule has 1 aliphatic rings. The number of hydrogen-bond acceptors (Lipinski definition) is 10. The molecule has 8 unspecified atom stereocenters. The van der Waals surface area contributed by atoms with Gasteiger partial charge in [0.2, 0.25) is 5.91 Å². The predicted molar refractivity (Wildman–Crippen MR) is 357 cm³/mol. The topological polar surface area (TPSA) is 175 Å². The summed E-state index contributed by atoms with van der Waals surface area (Å²) in [6, 6.07) is -1.02. The first kappa shape index (κ1) is 80.9. The van der Waals surface area contributed by atoms with E-state index in [0.717, 1.165) is 64.2 Å². The summed E-state index contributed by atoms with van der Waals surface area (Å²) in [6.45, 7) is 5.83. The van der Waals surface area contributed by atoms with Crippen molar-refractivity contribution in [3.63, 3.8) is 0 Å². The van der Waals surface area contributed by atoms with Crippen molar-refractivity contribution in [2.75, 3.05) is 13.2 Å². The number of unbranched alkanes of at least 4 members (excludes halogenated alkanes) is 46. The zero-order valence-corrected chi connectivity index (χ0v) is 55.8. The fourth-order valence-corrected chi connectivity index (χ4v) is 11.7. The molecule has 0 bridgehead atoms. The van der Waals surface area contributed by atoms with E-state index in [1.165, 1.54) is 250 Å². The van der Waals surface area contributed by atoms with Crippen molar-refractivity contribution in [2.24, 2.45) is 0 Å². The molecule has 1 aliphatic heterocycles. The molecule has 1 rings (SSSR count). The number of rotatable bonds is 64. The normalized spacial score (nSPS) is 18.5. The summed E-state index contributed by atoms with van der Waals surface area (Å²) >= 11 is 0. The number of carbonyl (C=O) groups is 2. The van der Waals surface area contributed by atoms with Gasteiger partial charge in [0.25, 0.3) is 0 Å². The Morgan fingerprint density at radius 1 is 0.447 bits per heavy atom. The Bertz CT molecular complexity index is 1520. The minimum Gasteiger partial charge on any atom is -0.454 e. The average Bonchev–Trinajstić information content (AvgIpc) is 2.92. The van der Waals surface area contributed by atoms with E-state index in [0.29, 0.717) is 19.3 Å². The van der Waals surface area contributed by atoms with Crippen molar-refractivity contribution < 1.29 is 49.3 Å². The highest BCUT2D eigenvalue weighted by molar-refractivity contribution is 5.80. The van der Waals surface area contributed by atoms with Gasteiger partial charge in [-0.1, -0.05) is 314 Å². The average molecular weight is 1200 g/mol. The van der Waals surface area contributed by atoms with Crippen LogP contribution >= 0.6 is 0 Å². The molecule has 0 aromatic heterocycles. The summed E-state index contributed by atoms with van der Waals surface area (Å²) in [5, 5.41) is 57.2. The fourth-order valence-electron chi connectivity index (χ4n) is 11.7. The van der Waals surface area contributed by atoms with Crippen LogP contribution in [-0.2, 0) is 23.8 Å². The number of aliphatic hydroxyl groups excluding tert-OH is 5. The first-order valence-electron chi connectivity index (χ1n) is 36.8. The monoisotopic (exact) mass is 1200 g/mol. The number of hydrogen-bond donors (Lipinski definition) is 6. The van der Waals surface area contributed by atoms with Crippen molar-refractivity contribution in [3.8, 4) is 0 Å². The third-order valence-corrected chi connectivity index (χ3v) is 17.5. The quantitative estimate of drug-likeness (QED) is 0.0195. The Morgan fingerprint density at radius 3 is 1.14 bits per heavy atom. The lowest BCUT2D eigenvalue weighted by Gasteiger charge is -2.41. The molecule has 8 atom stereocenters. The molecule has 0 aromatic carbocycles. The van der Waals surface area contributed by atoms with Crippen LogP contribution in [0.15, 0.2) is 36.5 Å². The Kier molecular flexibility index (Phi) is 59.1. The predicted octanol–water partition coefficient (Wildman–Crippen LogP) is 19.0. The maximum atomic E-state index is 13.5. The first-order chi connectivity index (χ1) is 41.7. The molecule has 0 radical (unpaired) electrons. The lowest BCUT2D eigenvalue weighted by Crippen LogP contribution is -2.61. The van der Waals surface area contributed by atoms with Crippen molar-refractivity contribution in [3.05, 3.63) is 36.5 Å². The number of amides is 1. The molecule has 85 heavy (non-hydrogen) atoms. The van der Waals surface area contributed by atoms with Gasteiger partial charge in [-0.15, -0.1) is 0 Å². The molecule has 11 heteroatoms. The van der Waals surface area contributed by atoms with E-state index < -0.39 is 67.4 Å². The van der Waals surface area contributed by atoms with Crippen LogP contribution < -0.4 is 5.32 Å². The van der Waals surface area contributed by atoms with Gasteiger partial charge in [-0.3, -0.25) is 9.59 Å². The number of nitrogens with one attached hydrogen (secondary N) is 1. The van der Waals surface area contributed by atoms with Gasteiger partial charge in [0, 0.05) is 6.42 Å². The van der Waals surface area contributed by atoms with Gasteiger partial charge in [0.1, 0.15) is 24.4 Å². The van der Waals surface area contributed by atoms with Crippen molar-refractivity contribution >= 4 is 11.9 Å². The summed E-state index contributed by atoms with van der Waals surface area (Å²) in [5.74, 6) is -1.18. The van der Waals surface area contributed by atoms with Crippen LogP contribution in [0, 0.1) is 0 Å².